The quantitative estimate of drug-likeness (QED) is 0.428. The van der Waals surface area contributed by atoms with Gasteiger partial charge in [0.25, 0.3) is 11.8 Å². The predicted molar refractivity (Wildman–Crippen MR) is 159 cm³/mol. The van der Waals surface area contributed by atoms with E-state index in [1.165, 1.54) is 31.2 Å². The Morgan fingerprint density at radius 2 is 1.77 bits per heavy atom. The largest absolute Gasteiger partial charge is 0.379 e. The molecule has 3 aromatic rings. The molecule has 1 saturated carbocycles. The highest BCUT2D eigenvalue weighted by Gasteiger charge is 2.26. The standard InChI is InChI=1S/C33H38N4O3/c1-22-17-23(2)35-33(39)30(22)20-34-32(38)29-18-26(19-31-28(29)11-12-37(31)27-5-3-4-6-27)25-9-7-24(8-10-25)21-36-13-15-40-16-14-36/h7-12,17-19,27,30H,3-6,13-16,20-21H2,1-2H3,(H,34,38). The average Bonchev–Trinajstić information content (AvgIpc) is 3.63. The number of aromatic nitrogens is 1. The maximum Gasteiger partial charge on any atom is 0.254 e. The van der Waals surface area contributed by atoms with Gasteiger partial charge in [-0.25, -0.2) is 4.99 Å². The number of morpholine rings is 1. The molecule has 7 nitrogen and oxygen atoms in total. The van der Waals surface area contributed by atoms with E-state index in [2.05, 4.69) is 62.4 Å². The van der Waals surface area contributed by atoms with Gasteiger partial charge in [0, 0.05) is 60.6 Å². The van der Waals surface area contributed by atoms with E-state index in [9.17, 15) is 9.59 Å². The summed E-state index contributed by atoms with van der Waals surface area (Å²) in [6.07, 6.45) is 8.88. The lowest BCUT2D eigenvalue weighted by Crippen LogP contribution is -2.35. The Bertz CT molecular complexity index is 1470. The minimum absolute atomic E-state index is 0.160. The monoisotopic (exact) mass is 538 g/mol. The molecule has 1 saturated heterocycles. The van der Waals surface area contributed by atoms with E-state index in [-0.39, 0.29) is 18.4 Å². The predicted octanol–water partition coefficient (Wildman–Crippen LogP) is 5.55. The second-order valence-electron chi connectivity index (χ2n) is 11.4. The van der Waals surface area contributed by atoms with Crippen LogP contribution in [0.3, 0.4) is 0 Å². The van der Waals surface area contributed by atoms with E-state index in [1.807, 2.05) is 26.0 Å². The first-order chi connectivity index (χ1) is 19.5. The third-order valence-electron chi connectivity index (χ3n) is 8.64. The van der Waals surface area contributed by atoms with Crippen LogP contribution < -0.4 is 5.32 Å². The lowest BCUT2D eigenvalue weighted by Gasteiger charge is -2.26. The lowest BCUT2D eigenvalue weighted by molar-refractivity contribution is -0.120. The van der Waals surface area contributed by atoms with Gasteiger partial charge in [-0.3, -0.25) is 14.5 Å². The van der Waals surface area contributed by atoms with Gasteiger partial charge in [0.15, 0.2) is 0 Å². The van der Waals surface area contributed by atoms with Crippen LogP contribution in [0.15, 0.2) is 65.3 Å². The number of nitrogens with one attached hydrogen (secondary N) is 1. The van der Waals surface area contributed by atoms with Crippen molar-refractivity contribution in [2.24, 2.45) is 10.9 Å². The van der Waals surface area contributed by atoms with E-state index < -0.39 is 5.92 Å². The fourth-order valence-corrected chi connectivity index (χ4v) is 6.38. The van der Waals surface area contributed by atoms with E-state index in [0.29, 0.717) is 17.3 Å². The Hall–Kier alpha value is -3.55. The number of carbonyl (C=O) groups is 2. The molecule has 7 heteroatoms. The van der Waals surface area contributed by atoms with Crippen molar-refractivity contribution in [2.75, 3.05) is 32.8 Å². The Labute approximate surface area is 235 Å². The maximum absolute atomic E-state index is 13.7. The van der Waals surface area contributed by atoms with E-state index >= 15 is 0 Å². The van der Waals surface area contributed by atoms with Crippen LogP contribution in [0, 0.1) is 5.92 Å². The molecule has 1 atom stereocenters. The normalized spacial score (nSPS) is 20.6. The molecule has 0 radical (unpaired) electrons. The molecular formula is C33H38N4O3. The zero-order chi connectivity index (χ0) is 27.6. The number of ether oxygens (including phenoxy) is 1. The number of hydrogen-bond acceptors (Lipinski definition) is 4. The number of nitrogens with zero attached hydrogens (tertiary/aromatic N) is 3. The van der Waals surface area contributed by atoms with E-state index in [4.69, 9.17) is 4.74 Å². The number of fused-ring (bicyclic) bond motifs is 1. The zero-order valence-electron chi connectivity index (χ0n) is 23.5. The van der Waals surface area contributed by atoms with Gasteiger partial charge < -0.3 is 14.6 Å². The highest BCUT2D eigenvalue weighted by molar-refractivity contribution is 6.09. The third-order valence-corrected chi connectivity index (χ3v) is 8.64. The molecule has 40 heavy (non-hydrogen) atoms. The second kappa shape index (κ2) is 11.5. The summed E-state index contributed by atoms with van der Waals surface area (Å²) in [5.41, 5.74) is 6.77. The van der Waals surface area contributed by atoms with Crippen molar-refractivity contribution in [2.45, 2.75) is 52.1 Å². The number of rotatable bonds is 7. The number of dihydropyridines is 1. The number of allylic oxidation sites excluding steroid dienone is 1. The van der Waals surface area contributed by atoms with Crippen molar-refractivity contribution in [1.29, 1.82) is 0 Å². The van der Waals surface area contributed by atoms with E-state index in [1.54, 1.807) is 0 Å². The first-order valence-corrected chi connectivity index (χ1v) is 14.6. The molecule has 3 heterocycles. The van der Waals surface area contributed by atoms with Crippen molar-refractivity contribution in [3.8, 4) is 11.1 Å². The molecule has 1 unspecified atom stereocenters. The summed E-state index contributed by atoms with van der Waals surface area (Å²) >= 11 is 0. The van der Waals surface area contributed by atoms with Gasteiger partial charge in [-0.1, -0.05) is 42.7 Å². The summed E-state index contributed by atoms with van der Waals surface area (Å²) in [4.78, 5) is 32.7. The van der Waals surface area contributed by atoms with Crippen molar-refractivity contribution in [3.63, 3.8) is 0 Å². The SMILES string of the molecule is CC1=CC(C)=NC(=O)C1CNC(=O)c1cc(-c2ccc(CN3CCOCC3)cc2)cc2c1ccn2C1CCCC1. The summed E-state index contributed by atoms with van der Waals surface area (Å²) in [5, 5.41) is 4.01. The Balaban J connectivity index is 1.30. The first-order valence-electron chi connectivity index (χ1n) is 14.6. The summed E-state index contributed by atoms with van der Waals surface area (Å²) < 4.78 is 7.85. The van der Waals surface area contributed by atoms with Crippen molar-refractivity contribution in [1.82, 2.24) is 14.8 Å². The first kappa shape index (κ1) is 26.7. The number of benzene rings is 2. The van der Waals surface area contributed by atoms with Gasteiger partial charge in [0.2, 0.25) is 0 Å². The van der Waals surface area contributed by atoms with Crippen LogP contribution in [0.5, 0.6) is 0 Å². The van der Waals surface area contributed by atoms with Crippen LogP contribution in [0.4, 0.5) is 0 Å². The van der Waals surface area contributed by atoms with Gasteiger partial charge in [0.05, 0.1) is 19.1 Å². The highest BCUT2D eigenvalue weighted by atomic mass is 16.5. The molecule has 1 N–H and O–H groups in total. The van der Waals surface area contributed by atoms with Gasteiger partial charge in [-0.05, 0) is 67.7 Å². The minimum Gasteiger partial charge on any atom is -0.379 e. The summed E-state index contributed by atoms with van der Waals surface area (Å²) in [6.45, 7) is 8.41. The summed E-state index contributed by atoms with van der Waals surface area (Å²) in [7, 11) is 0. The summed E-state index contributed by atoms with van der Waals surface area (Å²) in [6, 6.07) is 15.5. The van der Waals surface area contributed by atoms with Gasteiger partial charge in [0.1, 0.15) is 0 Å². The van der Waals surface area contributed by atoms with Crippen LogP contribution in [-0.4, -0.2) is 59.8 Å². The van der Waals surface area contributed by atoms with Gasteiger partial charge in [-0.15, -0.1) is 0 Å². The number of carbonyl (C=O) groups excluding carboxylic acids is 2. The Morgan fingerprint density at radius 3 is 2.50 bits per heavy atom. The fraction of sp³-hybridized carbons (Fsp3) is 0.424. The van der Waals surface area contributed by atoms with Crippen molar-refractivity contribution >= 4 is 28.4 Å². The molecule has 0 bridgehead atoms. The van der Waals surface area contributed by atoms with Gasteiger partial charge >= 0.3 is 0 Å². The molecule has 0 spiro atoms. The van der Waals surface area contributed by atoms with Gasteiger partial charge in [-0.2, -0.15) is 0 Å². The lowest BCUT2D eigenvalue weighted by atomic mass is 9.95. The molecule has 2 aliphatic heterocycles. The number of hydrogen-bond donors (Lipinski definition) is 1. The average molecular weight is 539 g/mol. The number of aliphatic imine (C=N–C) groups is 1. The molecule has 208 valence electrons. The zero-order valence-corrected chi connectivity index (χ0v) is 23.5. The second-order valence-corrected chi connectivity index (χ2v) is 11.4. The smallest absolute Gasteiger partial charge is 0.254 e. The fourth-order valence-electron chi connectivity index (χ4n) is 6.38. The molecule has 6 rings (SSSR count). The van der Waals surface area contributed by atoms with Crippen LogP contribution in [0.25, 0.3) is 22.0 Å². The highest BCUT2D eigenvalue weighted by Crippen LogP contribution is 2.36. The van der Waals surface area contributed by atoms with E-state index in [0.717, 1.165) is 60.5 Å². The van der Waals surface area contributed by atoms with Crippen LogP contribution in [-0.2, 0) is 16.1 Å². The van der Waals surface area contributed by atoms with Crippen molar-refractivity contribution in [3.05, 3.63) is 71.4 Å². The molecule has 1 aliphatic carbocycles. The Morgan fingerprint density at radius 1 is 1.02 bits per heavy atom. The molecule has 1 aromatic heterocycles. The summed E-state index contributed by atoms with van der Waals surface area (Å²) in [5.74, 6) is -0.776. The minimum atomic E-state index is -0.423. The molecule has 2 aromatic carbocycles. The van der Waals surface area contributed by atoms with Crippen LogP contribution in [0.2, 0.25) is 0 Å². The van der Waals surface area contributed by atoms with Crippen LogP contribution in [0.1, 0.15) is 61.5 Å². The van der Waals surface area contributed by atoms with Crippen molar-refractivity contribution < 1.29 is 14.3 Å². The molecule has 2 amide bonds. The number of amides is 2. The Kier molecular flexibility index (Phi) is 7.67. The topological polar surface area (TPSA) is 75.9 Å². The van der Waals surface area contributed by atoms with Crippen LogP contribution >= 0.6 is 0 Å². The molecule has 3 aliphatic rings. The third kappa shape index (κ3) is 5.54. The molecular weight excluding hydrogens is 500 g/mol. The molecule has 2 fully saturated rings. The maximum atomic E-state index is 13.7.